The number of hydrazine groups is 1. The smallest absolute Gasteiger partial charge is 0.234 e. The monoisotopic (exact) mass is 454 g/mol. The molecule has 2 aromatic rings. The van der Waals surface area contributed by atoms with Crippen molar-refractivity contribution in [1.82, 2.24) is 20.8 Å². The highest BCUT2D eigenvalue weighted by Gasteiger charge is 2.44. The molecule has 3 N–H and O–H groups in total. The van der Waals surface area contributed by atoms with E-state index in [-0.39, 0.29) is 35.6 Å². The van der Waals surface area contributed by atoms with Crippen LogP contribution in [0.25, 0.3) is 0 Å². The lowest BCUT2D eigenvalue weighted by atomic mass is 10.00. The molecule has 2 aromatic carbocycles. The summed E-state index contributed by atoms with van der Waals surface area (Å²) in [5.74, 6) is 0.232. The van der Waals surface area contributed by atoms with Crippen LogP contribution in [0.5, 0.6) is 5.75 Å². The topological polar surface area (TPSA) is 81.2 Å². The predicted molar refractivity (Wildman–Crippen MR) is 122 cm³/mol. The van der Waals surface area contributed by atoms with Crippen molar-refractivity contribution in [2.24, 2.45) is 5.10 Å². The first-order valence-electron chi connectivity index (χ1n) is 10.3. The normalized spacial score (nSPS) is 23.3. The number of para-hydroxylation sites is 1. The number of amidine groups is 1. The molecule has 8 nitrogen and oxygen atoms in total. The van der Waals surface area contributed by atoms with Crippen LogP contribution in [0, 0.1) is 5.82 Å². The lowest BCUT2D eigenvalue weighted by Crippen LogP contribution is -2.54. The van der Waals surface area contributed by atoms with Crippen LogP contribution in [-0.2, 0) is 4.79 Å². The minimum absolute atomic E-state index is 0.0344. The first kappa shape index (κ1) is 20.7. The first-order valence-corrected chi connectivity index (χ1v) is 11.3. The molecular weight excluding hydrogens is 431 g/mol. The number of thioether (sulfide) groups is 1. The van der Waals surface area contributed by atoms with Crippen LogP contribution in [0.4, 0.5) is 10.1 Å². The molecule has 3 heterocycles. The molecule has 1 fully saturated rings. The van der Waals surface area contributed by atoms with Crippen molar-refractivity contribution in [3.05, 3.63) is 72.3 Å². The number of nitrogens with zero attached hydrogens (tertiary/aromatic N) is 3. The summed E-state index contributed by atoms with van der Waals surface area (Å²) in [5, 5.41) is 9.86. The lowest BCUT2D eigenvalue weighted by molar-refractivity contribution is -0.113. The second-order valence-electron chi connectivity index (χ2n) is 7.66. The molecule has 1 amide bonds. The lowest BCUT2D eigenvalue weighted by Gasteiger charge is -2.36. The summed E-state index contributed by atoms with van der Waals surface area (Å²) in [4.78, 5) is 14.3. The van der Waals surface area contributed by atoms with E-state index in [2.05, 4.69) is 38.4 Å². The van der Waals surface area contributed by atoms with Crippen molar-refractivity contribution in [2.45, 2.75) is 24.7 Å². The number of anilines is 1. The number of nitrogens with one attached hydrogen (secondary N) is 3. The second-order valence-corrected chi connectivity index (χ2v) is 8.60. The summed E-state index contributed by atoms with van der Waals surface area (Å²) in [7, 11) is 1.66. The molecule has 10 heteroatoms. The molecule has 5 rings (SSSR count). The SMILES string of the molecule is COc1ccc(C2CC3C4NN=C(SCC(=O)Nc5ccccc5F)N4C=CN3N2)cc1. The average Bonchev–Trinajstić information content (AvgIpc) is 3.43. The van der Waals surface area contributed by atoms with E-state index in [4.69, 9.17) is 4.74 Å². The van der Waals surface area contributed by atoms with Gasteiger partial charge in [0.1, 0.15) is 17.7 Å². The van der Waals surface area contributed by atoms with Crippen LogP contribution in [0.2, 0.25) is 0 Å². The summed E-state index contributed by atoms with van der Waals surface area (Å²) in [6.07, 6.45) is 4.80. The largest absolute Gasteiger partial charge is 0.497 e. The number of carbonyl (C=O) groups is 1. The van der Waals surface area contributed by atoms with Gasteiger partial charge in [-0.3, -0.25) is 10.2 Å². The van der Waals surface area contributed by atoms with Gasteiger partial charge in [-0.2, -0.15) is 5.10 Å². The van der Waals surface area contributed by atoms with Gasteiger partial charge in [-0.25, -0.2) is 9.82 Å². The Bertz CT molecular complexity index is 1060. The zero-order chi connectivity index (χ0) is 22.1. The average molecular weight is 455 g/mol. The van der Waals surface area contributed by atoms with Gasteiger partial charge in [0, 0.05) is 12.4 Å². The van der Waals surface area contributed by atoms with Crippen LogP contribution in [-0.4, -0.2) is 46.1 Å². The highest BCUT2D eigenvalue weighted by molar-refractivity contribution is 8.14. The van der Waals surface area contributed by atoms with Gasteiger partial charge in [0.15, 0.2) is 5.17 Å². The Morgan fingerprint density at radius 2 is 2.06 bits per heavy atom. The standard InChI is InChI=1S/C22H23FN6O2S/c1-31-15-8-6-14(7-9-15)18-12-19-21-25-26-22(28(21)10-11-29(19)27-18)32-13-20(30)24-17-5-3-2-4-16(17)23/h2-11,18-19,21,25,27H,12-13H2,1H3,(H,24,30). The third-order valence-corrected chi connectivity index (χ3v) is 6.67. The molecule has 3 aliphatic heterocycles. The van der Waals surface area contributed by atoms with Gasteiger partial charge >= 0.3 is 0 Å². The van der Waals surface area contributed by atoms with Gasteiger partial charge in [0.25, 0.3) is 0 Å². The van der Waals surface area contributed by atoms with E-state index in [1.54, 1.807) is 19.2 Å². The highest BCUT2D eigenvalue weighted by Crippen LogP contribution is 2.35. The second kappa shape index (κ2) is 8.71. The van der Waals surface area contributed by atoms with Gasteiger partial charge in [-0.15, -0.1) is 0 Å². The number of ether oxygens (including phenoxy) is 1. The molecule has 0 aromatic heterocycles. The molecule has 32 heavy (non-hydrogen) atoms. The van der Waals surface area contributed by atoms with Crippen LogP contribution in [0.15, 0.2) is 66.0 Å². The Balaban J connectivity index is 1.18. The fourth-order valence-electron chi connectivity index (χ4n) is 4.08. The summed E-state index contributed by atoms with van der Waals surface area (Å²) >= 11 is 1.31. The van der Waals surface area contributed by atoms with Crippen LogP contribution >= 0.6 is 11.8 Å². The summed E-state index contributed by atoms with van der Waals surface area (Å²) in [5.41, 5.74) is 8.11. The first-order chi connectivity index (χ1) is 15.6. The Labute approximate surface area is 189 Å². The number of methoxy groups -OCH3 is 1. The maximum Gasteiger partial charge on any atom is 0.234 e. The predicted octanol–water partition coefficient (Wildman–Crippen LogP) is 2.81. The fourth-order valence-corrected chi connectivity index (χ4v) is 4.86. The van der Waals surface area contributed by atoms with Crippen LogP contribution in [0.1, 0.15) is 18.0 Å². The third kappa shape index (κ3) is 3.98. The number of hydrogen-bond acceptors (Lipinski definition) is 8. The molecule has 1 saturated heterocycles. The Kier molecular flexibility index (Phi) is 5.62. The zero-order valence-electron chi connectivity index (χ0n) is 17.4. The number of carbonyl (C=O) groups excluding carboxylic acids is 1. The van der Waals surface area contributed by atoms with Gasteiger partial charge in [0.2, 0.25) is 5.91 Å². The Morgan fingerprint density at radius 3 is 2.84 bits per heavy atom. The molecule has 3 atom stereocenters. The third-order valence-electron chi connectivity index (χ3n) is 5.70. The number of hydrogen-bond donors (Lipinski definition) is 3. The van der Waals surface area contributed by atoms with Crippen LogP contribution in [0.3, 0.4) is 0 Å². The summed E-state index contributed by atoms with van der Waals surface area (Å²) in [6.45, 7) is 0. The molecular formula is C22H23FN6O2S. The molecule has 0 aliphatic carbocycles. The van der Waals surface area contributed by atoms with E-state index in [0.717, 1.165) is 12.2 Å². The minimum atomic E-state index is -0.454. The van der Waals surface area contributed by atoms with E-state index in [1.807, 2.05) is 29.4 Å². The molecule has 0 saturated carbocycles. The van der Waals surface area contributed by atoms with Crippen LogP contribution < -0.4 is 20.9 Å². The number of hydrazone groups is 1. The van der Waals surface area contributed by atoms with Gasteiger partial charge in [0.05, 0.1) is 30.6 Å². The van der Waals surface area contributed by atoms with E-state index in [1.165, 1.54) is 29.5 Å². The molecule has 166 valence electrons. The van der Waals surface area contributed by atoms with E-state index in [9.17, 15) is 9.18 Å². The molecule has 3 unspecified atom stereocenters. The molecule has 0 radical (unpaired) electrons. The number of amides is 1. The number of benzene rings is 2. The minimum Gasteiger partial charge on any atom is -0.497 e. The summed E-state index contributed by atoms with van der Waals surface area (Å²) in [6, 6.07) is 14.6. The van der Waals surface area contributed by atoms with Crippen molar-refractivity contribution < 1.29 is 13.9 Å². The fraction of sp³-hybridized carbons (Fsp3) is 0.273. The maximum atomic E-state index is 13.7. The van der Waals surface area contributed by atoms with Crippen molar-refractivity contribution in [3.8, 4) is 5.75 Å². The maximum absolute atomic E-state index is 13.7. The van der Waals surface area contributed by atoms with Gasteiger partial charge in [-0.05, 0) is 36.2 Å². The highest BCUT2D eigenvalue weighted by atomic mass is 32.2. The van der Waals surface area contributed by atoms with Crippen molar-refractivity contribution in [3.63, 3.8) is 0 Å². The number of halogens is 1. The molecule has 0 spiro atoms. The van der Waals surface area contributed by atoms with E-state index in [0.29, 0.717) is 5.17 Å². The van der Waals surface area contributed by atoms with Crippen molar-refractivity contribution in [2.75, 3.05) is 18.2 Å². The number of fused-ring (bicyclic) bond motifs is 3. The van der Waals surface area contributed by atoms with Gasteiger partial charge < -0.3 is 20.0 Å². The molecule has 3 aliphatic rings. The Morgan fingerprint density at radius 1 is 1.25 bits per heavy atom. The van der Waals surface area contributed by atoms with Crippen molar-refractivity contribution >= 4 is 28.5 Å². The van der Waals surface area contributed by atoms with E-state index >= 15 is 0 Å². The zero-order valence-corrected chi connectivity index (χ0v) is 18.2. The molecule has 0 bridgehead atoms. The van der Waals surface area contributed by atoms with E-state index < -0.39 is 5.82 Å². The van der Waals surface area contributed by atoms with Gasteiger partial charge in [-0.1, -0.05) is 36.0 Å². The van der Waals surface area contributed by atoms with Crippen molar-refractivity contribution in [1.29, 1.82) is 0 Å². The number of rotatable bonds is 5. The quantitative estimate of drug-likeness (QED) is 0.641. The summed E-state index contributed by atoms with van der Waals surface area (Å²) < 4.78 is 19.0. The Hall–Kier alpha value is -3.24.